The number of carbonyl (C=O) groups excluding carboxylic acids is 3. The van der Waals surface area contributed by atoms with Crippen LogP contribution in [0.25, 0.3) is 0 Å². The molecule has 0 aliphatic carbocycles. The Morgan fingerprint density at radius 2 is 2.00 bits per heavy atom. The van der Waals surface area contributed by atoms with Crippen molar-refractivity contribution in [3.8, 4) is 0 Å². The van der Waals surface area contributed by atoms with Crippen LogP contribution in [0.1, 0.15) is 24.2 Å². The number of carbonyl (C=O) groups is 3. The van der Waals surface area contributed by atoms with Crippen LogP contribution >= 0.6 is 0 Å². The lowest BCUT2D eigenvalue weighted by atomic mass is 9.87. The molecular weight excluding hydrogens is 312 g/mol. The maximum absolute atomic E-state index is 12.2. The zero-order chi connectivity index (χ0) is 17.3. The molecule has 2 aliphatic rings. The number of nitrogens with one attached hydrogen (secondary N) is 2. The number of hydrogen-bond donors (Lipinski definition) is 2. The molecule has 5 amide bonds. The van der Waals surface area contributed by atoms with E-state index >= 15 is 0 Å². The van der Waals surface area contributed by atoms with Crippen molar-refractivity contribution in [3.63, 3.8) is 0 Å². The largest absolute Gasteiger partial charge is 0.332 e. The summed E-state index contributed by atoms with van der Waals surface area (Å²) in [5, 5.41) is 13.5. The van der Waals surface area contributed by atoms with E-state index in [4.69, 9.17) is 0 Å². The van der Waals surface area contributed by atoms with Crippen LogP contribution < -0.4 is 10.6 Å². The van der Waals surface area contributed by atoms with Gasteiger partial charge in [0.25, 0.3) is 5.91 Å². The van der Waals surface area contributed by atoms with Gasteiger partial charge in [-0.25, -0.2) is 9.59 Å². The van der Waals surface area contributed by atoms with E-state index in [1.165, 1.54) is 7.05 Å². The number of imide groups is 1. The number of aromatic nitrogens is 2. The van der Waals surface area contributed by atoms with Gasteiger partial charge in [0.1, 0.15) is 5.54 Å². The van der Waals surface area contributed by atoms with Crippen molar-refractivity contribution in [1.82, 2.24) is 30.6 Å². The zero-order valence-corrected chi connectivity index (χ0v) is 13.7. The van der Waals surface area contributed by atoms with E-state index in [1.807, 2.05) is 19.1 Å². The third-order valence-corrected chi connectivity index (χ3v) is 4.54. The van der Waals surface area contributed by atoms with Crippen LogP contribution in [0, 0.1) is 6.92 Å². The molecule has 3 heterocycles. The lowest BCUT2D eigenvalue weighted by Crippen LogP contribution is -2.57. The third-order valence-electron chi connectivity index (χ3n) is 4.54. The summed E-state index contributed by atoms with van der Waals surface area (Å²) in [7, 11) is 1.47. The Morgan fingerprint density at radius 1 is 1.29 bits per heavy atom. The molecule has 128 valence electrons. The fourth-order valence-electron chi connectivity index (χ4n) is 2.98. The number of rotatable bonds is 2. The maximum atomic E-state index is 12.2. The first-order valence-corrected chi connectivity index (χ1v) is 7.83. The second-order valence-electron chi connectivity index (χ2n) is 6.19. The van der Waals surface area contributed by atoms with E-state index in [1.54, 1.807) is 4.90 Å². The molecule has 0 aromatic carbocycles. The average Bonchev–Trinajstić information content (AvgIpc) is 2.79. The fraction of sp³-hybridized carbons (Fsp3) is 0.533. The number of aryl methyl sites for hydroxylation is 1. The molecule has 1 aromatic heterocycles. The molecular formula is C15H20N6O3. The number of nitrogens with zero attached hydrogens (tertiary/aromatic N) is 4. The van der Waals surface area contributed by atoms with E-state index in [-0.39, 0.29) is 18.0 Å². The van der Waals surface area contributed by atoms with Gasteiger partial charge in [0.05, 0.1) is 17.9 Å². The minimum atomic E-state index is -0.856. The number of likely N-dealkylation sites (N-methyl/N-ethyl adjacent to an activating group) is 1. The standard InChI is InChI=1S/C15H20N6O3/c1-10-3-4-11(19-18-10)9-16-13(23)21-7-5-15(6-8-21)12(22)20(2)14(24)17-15/h3-4H,5-9H2,1-2H3,(H,16,23)(H,17,24). The van der Waals surface area contributed by atoms with Crippen LogP contribution in [0.5, 0.6) is 0 Å². The van der Waals surface area contributed by atoms with Crippen LogP contribution in [-0.4, -0.2) is 63.6 Å². The molecule has 1 aromatic rings. The van der Waals surface area contributed by atoms with Crippen LogP contribution in [-0.2, 0) is 11.3 Å². The Balaban J connectivity index is 1.53. The van der Waals surface area contributed by atoms with E-state index < -0.39 is 5.54 Å². The van der Waals surface area contributed by atoms with Gasteiger partial charge in [-0.2, -0.15) is 10.2 Å². The van der Waals surface area contributed by atoms with Gasteiger partial charge in [-0.3, -0.25) is 9.69 Å². The molecule has 2 N–H and O–H groups in total. The molecule has 1 spiro atoms. The van der Waals surface area contributed by atoms with Crippen LogP contribution in [0.3, 0.4) is 0 Å². The number of amides is 5. The molecule has 2 aliphatic heterocycles. The second-order valence-corrected chi connectivity index (χ2v) is 6.19. The summed E-state index contributed by atoms with van der Waals surface area (Å²) in [5.41, 5.74) is 0.646. The average molecular weight is 332 g/mol. The number of hydrogen-bond acceptors (Lipinski definition) is 5. The summed E-state index contributed by atoms with van der Waals surface area (Å²) in [6, 6.07) is 3.06. The highest BCUT2D eigenvalue weighted by molar-refractivity contribution is 6.06. The number of piperidine rings is 1. The quantitative estimate of drug-likeness (QED) is 0.742. The Labute approximate surface area is 139 Å². The van der Waals surface area contributed by atoms with Crippen LogP contribution in [0.2, 0.25) is 0 Å². The van der Waals surface area contributed by atoms with Crippen molar-refractivity contribution in [2.75, 3.05) is 20.1 Å². The first kappa shape index (κ1) is 16.2. The van der Waals surface area contributed by atoms with Crippen molar-refractivity contribution < 1.29 is 14.4 Å². The molecule has 2 fully saturated rings. The van der Waals surface area contributed by atoms with E-state index in [2.05, 4.69) is 20.8 Å². The molecule has 0 atom stereocenters. The predicted molar refractivity (Wildman–Crippen MR) is 83.8 cm³/mol. The minimum Gasteiger partial charge on any atom is -0.332 e. The zero-order valence-electron chi connectivity index (χ0n) is 13.7. The summed E-state index contributed by atoms with van der Waals surface area (Å²) in [5.74, 6) is -0.220. The van der Waals surface area contributed by atoms with Gasteiger partial charge in [0.15, 0.2) is 0 Å². The van der Waals surface area contributed by atoms with Crippen molar-refractivity contribution in [1.29, 1.82) is 0 Å². The van der Waals surface area contributed by atoms with Gasteiger partial charge in [-0.1, -0.05) is 0 Å². The Bertz CT molecular complexity index is 666. The molecule has 0 saturated carbocycles. The monoisotopic (exact) mass is 332 g/mol. The second kappa shape index (κ2) is 6.06. The number of urea groups is 2. The van der Waals surface area contributed by atoms with Crippen LogP contribution in [0.4, 0.5) is 9.59 Å². The highest BCUT2D eigenvalue weighted by Crippen LogP contribution is 2.28. The summed E-state index contributed by atoms with van der Waals surface area (Å²) in [4.78, 5) is 38.8. The predicted octanol–water partition coefficient (Wildman–Crippen LogP) is 0.0108. The van der Waals surface area contributed by atoms with E-state index in [0.717, 1.165) is 10.6 Å². The first-order valence-electron chi connectivity index (χ1n) is 7.83. The van der Waals surface area contributed by atoms with Gasteiger partial charge < -0.3 is 15.5 Å². The maximum Gasteiger partial charge on any atom is 0.324 e. The fourth-order valence-corrected chi connectivity index (χ4v) is 2.98. The van der Waals surface area contributed by atoms with Crippen molar-refractivity contribution in [3.05, 3.63) is 23.5 Å². The summed E-state index contributed by atoms with van der Waals surface area (Å²) < 4.78 is 0. The molecule has 9 heteroatoms. The Hall–Kier alpha value is -2.71. The number of likely N-dealkylation sites (tertiary alicyclic amines) is 1. The van der Waals surface area contributed by atoms with E-state index in [9.17, 15) is 14.4 Å². The Morgan fingerprint density at radius 3 is 2.54 bits per heavy atom. The summed E-state index contributed by atoms with van der Waals surface area (Å²) in [6.45, 7) is 2.96. The highest BCUT2D eigenvalue weighted by Gasteiger charge is 2.51. The molecule has 3 rings (SSSR count). The van der Waals surface area contributed by atoms with Gasteiger partial charge in [0, 0.05) is 20.1 Å². The van der Waals surface area contributed by atoms with Crippen molar-refractivity contribution >= 4 is 18.0 Å². The minimum absolute atomic E-state index is 0.211. The Kier molecular flexibility index (Phi) is 4.08. The van der Waals surface area contributed by atoms with Crippen LogP contribution in [0.15, 0.2) is 12.1 Å². The van der Waals surface area contributed by atoms with Gasteiger partial charge in [-0.15, -0.1) is 0 Å². The summed E-state index contributed by atoms with van der Waals surface area (Å²) in [6.07, 6.45) is 0.833. The molecule has 9 nitrogen and oxygen atoms in total. The lowest BCUT2D eigenvalue weighted by Gasteiger charge is -2.37. The SMILES string of the molecule is Cc1ccc(CNC(=O)N2CCC3(CC2)NC(=O)N(C)C3=O)nn1. The lowest BCUT2D eigenvalue weighted by molar-refractivity contribution is -0.131. The first-order chi connectivity index (χ1) is 11.4. The normalized spacial score (nSPS) is 19.6. The molecule has 24 heavy (non-hydrogen) atoms. The topological polar surface area (TPSA) is 108 Å². The molecule has 0 radical (unpaired) electrons. The van der Waals surface area contributed by atoms with E-state index in [0.29, 0.717) is 38.2 Å². The van der Waals surface area contributed by atoms with Gasteiger partial charge in [-0.05, 0) is 31.9 Å². The molecule has 0 unspecified atom stereocenters. The summed E-state index contributed by atoms with van der Waals surface area (Å²) >= 11 is 0. The smallest absolute Gasteiger partial charge is 0.324 e. The van der Waals surface area contributed by atoms with Crippen molar-refractivity contribution in [2.24, 2.45) is 0 Å². The van der Waals surface area contributed by atoms with Gasteiger partial charge in [0.2, 0.25) is 0 Å². The van der Waals surface area contributed by atoms with Gasteiger partial charge >= 0.3 is 12.1 Å². The highest BCUT2D eigenvalue weighted by atomic mass is 16.2. The third kappa shape index (κ3) is 2.89. The van der Waals surface area contributed by atoms with Crippen molar-refractivity contribution in [2.45, 2.75) is 31.8 Å². The molecule has 2 saturated heterocycles. The molecule has 0 bridgehead atoms.